The molecule has 3 aromatic heterocycles. The van der Waals surface area contributed by atoms with E-state index in [0.29, 0.717) is 21.6 Å². The number of aryl methyl sites for hydroxylation is 1. The van der Waals surface area contributed by atoms with Crippen molar-refractivity contribution >= 4 is 50.0 Å². The van der Waals surface area contributed by atoms with E-state index in [4.69, 9.17) is 17.2 Å². The van der Waals surface area contributed by atoms with Crippen LogP contribution in [-0.4, -0.2) is 20.4 Å². The molecule has 0 radical (unpaired) electrons. The van der Waals surface area contributed by atoms with Crippen LogP contribution in [0, 0.1) is 11.3 Å². The molecule has 0 unspecified atom stereocenters. The van der Waals surface area contributed by atoms with Gasteiger partial charge in [-0.1, -0.05) is 12.1 Å². The summed E-state index contributed by atoms with van der Waals surface area (Å²) in [7, 11) is 1.84. The molecule has 1 amide bonds. The molecule has 0 saturated heterocycles. The first-order chi connectivity index (χ1) is 12.4. The van der Waals surface area contributed by atoms with Crippen LogP contribution in [0.15, 0.2) is 24.3 Å². The molecule has 0 bridgehead atoms. The van der Waals surface area contributed by atoms with E-state index in [0.717, 1.165) is 22.4 Å². The van der Waals surface area contributed by atoms with Gasteiger partial charge in [0.05, 0.1) is 22.3 Å². The number of pyridine rings is 1. The molecule has 0 aliphatic carbocycles. The van der Waals surface area contributed by atoms with Gasteiger partial charge in [0.2, 0.25) is 0 Å². The highest BCUT2D eigenvalue weighted by atomic mass is 32.1. The molecule has 3 heterocycles. The smallest absolute Gasteiger partial charge is 0.260 e. The van der Waals surface area contributed by atoms with Crippen LogP contribution in [0.1, 0.15) is 15.2 Å². The van der Waals surface area contributed by atoms with Crippen LogP contribution in [0.3, 0.4) is 0 Å². The zero-order valence-electron chi connectivity index (χ0n) is 13.6. The second kappa shape index (κ2) is 5.44. The van der Waals surface area contributed by atoms with Gasteiger partial charge in [-0.2, -0.15) is 5.26 Å². The van der Waals surface area contributed by atoms with Crippen molar-refractivity contribution in [3.05, 3.63) is 34.7 Å². The third-order valence-corrected chi connectivity index (χ3v) is 5.37. The number of aromatic nitrogens is 3. The summed E-state index contributed by atoms with van der Waals surface area (Å²) in [6, 6.07) is 9.66. The summed E-state index contributed by atoms with van der Waals surface area (Å²) in [5, 5.41) is 10.1. The number of hydrogen-bond donors (Lipinski definition) is 3. The highest BCUT2D eigenvalue weighted by Crippen LogP contribution is 2.42. The summed E-state index contributed by atoms with van der Waals surface area (Å²) in [5.41, 5.74) is 20.0. The van der Waals surface area contributed by atoms with E-state index in [1.54, 1.807) is 0 Å². The summed E-state index contributed by atoms with van der Waals surface area (Å²) in [5.74, 6) is -0.0831. The average Bonchev–Trinajstić information content (AvgIpc) is 3.12. The van der Waals surface area contributed by atoms with E-state index < -0.39 is 5.91 Å². The predicted molar refractivity (Wildman–Crippen MR) is 101 cm³/mol. The van der Waals surface area contributed by atoms with Crippen molar-refractivity contribution in [3.8, 4) is 17.5 Å². The molecular formula is C17H13N7OS. The number of carbonyl (C=O) groups excluding carboxylic acids is 1. The Labute approximate surface area is 151 Å². The average molecular weight is 363 g/mol. The number of anilines is 2. The van der Waals surface area contributed by atoms with Crippen LogP contribution in [-0.2, 0) is 7.05 Å². The first-order valence-corrected chi connectivity index (χ1v) is 8.38. The summed E-state index contributed by atoms with van der Waals surface area (Å²) in [6.45, 7) is 0. The van der Waals surface area contributed by atoms with Crippen molar-refractivity contribution in [1.29, 1.82) is 5.26 Å². The number of para-hydroxylation sites is 2. The van der Waals surface area contributed by atoms with Gasteiger partial charge in [0.1, 0.15) is 33.0 Å². The minimum atomic E-state index is -0.654. The molecule has 8 nitrogen and oxygen atoms in total. The fraction of sp³-hybridized carbons (Fsp3) is 0.0588. The van der Waals surface area contributed by atoms with Crippen LogP contribution in [0.5, 0.6) is 0 Å². The fourth-order valence-electron chi connectivity index (χ4n) is 3.06. The van der Waals surface area contributed by atoms with E-state index in [1.165, 1.54) is 0 Å². The quantitative estimate of drug-likeness (QED) is 0.495. The Morgan fingerprint density at radius 2 is 2.00 bits per heavy atom. The number of nitrogen functional groups attached to an aromatic ring is 2. The molecule has 4 aromatic rings. The summed E-state index contributed by atoms with van der Waals surface area (Å²) >= 11 is 1.05. The molecule has 9 heteroatoms. The van der Waals surface area contributed by atoms with Gasteiger partial charge in [-0.25, -0.2) is 9.97 Å². The van der Waals surface area contributed by atoms with Crippen molar-refractivity contribution in [2.45, 2.75) is 0 Å². The van der Waals surface area contributed by atoms with Gasteiger partial charge in [-0.15, -0.1) is 11.3 Å². The standard InChI is InChI=1S/C17H13N7OS/c1-24-9-5-3-2-4-8(9)22-16(24)10-7(6-18)14(20)23-17-11(10)12(19)13(26-17)15(21)25/h2-5H,19H2,1H3,(H2,20,23)(H2,21,25). The van der Waals surface area contributed by atoms with Gasteiger partial charge < -0.3 is 21.8 Å². The number of imidazole rings is 1. The van der Waals surface area contributed by atoms with Crippen molar-refractivity contribution in [1.82, 2.24) is 14.5 Å². The molecule has 0 aliphatic heterocycles. The number of amides is 1. The molecule has 6 N–H and O–H groups in total. The van der Waals surface area contributed by atoms with Gasteiger partial charge >= 0.3 is 0 Å². The van der Waals surface area contributed by atoms with Crippen LogP contribution in [0.4, 0.5) is 11.5 Å². The van der Waals surface area contributed by atoms with E-state index in [9.17, 15) is 10.1 Å². The van der Waals surface area contributed by atoms with E-state index >= 15 is 0 Å². The highest BCUT2D eigenvalue weighted by molar-refractivity contribution is 7.21. The predicted octanol–water partition coefficient (Wildman–Crippen LogP) is 1.98. The Balaban J connectivity index is 2.21. The van der Waals surface area contributed by atoms with Crippen molar-refractivity contribution in [2.75, 3.05) is 11.5 Å². The third kappa shape index (κ3) is 2.03. The second-order valence-corrected chi connectivity index (χ2v) is 6.73. The Kier molecular flexibility index (Phi) is 3.32. The van der Waals surface area contributed by atoms with Gasteiger partial charge in [0, 0.05) is 12.4 Å². The lowest BCUT2D eigenvalue weighted by atomic mass is 10.0. The van der Waals surface area contributed by atoms with Crippen LogP contribution < -0.4 is 17.2 Å². The molecule has 0 aliphatic rings. The number of hydrogen-bond acceptors (Lipinski definition) is 7. The fourth-order valence-corrected chi connectivity index (χ4v) is 4.02. The maximum absolute atomic E-state index is 11.7. The zero-order valence-corrected chi connectivity index (χ0v) is 14.5. The second-order valence-electron chi connectivity index (χ2n) is 5.73. The minimum absolute atomic E-state index is 0.0549. The number of thiophene rings is 1. The maximum Gasteiger partial charge on any atom is 0.260 e. The first-order valence-electron chi connectivity index (χ1n) is 7.57. The Hall–Kier alpha value is -3.64. The minimum Gasteiger partial charge on any atom is -0.397 e. The Morgan fingerprint density at radius 1 is 1.27 bits per heavy atom. The van der Waals surface area contributed by atoms with Gasteiger partial charge in [-0.3, -0.25) is 4.79 Å². The van der Waals surface area contributed by atoms with Gasteiger partial charge in [0.15, 0.2) is 0 Å². The highest BCUT2D eigenvalue weighted by Gasteiger charge is 2.25. The molecule has 0 atom stereocenters. The molecular weight excluding hydrogens is 350 g/mol. The number of carbonyl (C=O) groups is 1. The number of nitrogens with zero attached hydrogens (tertiary/aromatic N) is 4. The van der Waals surface area contributed by atoms with Crippen LogP contribution in [0.25, 0.3) is 32.6 Å². The van der Waals surface area contributed by atoms with Crippen molar-refractivity contribution in [2.24, 2.45) is 12.8 Å². The largest absolute Gasteiger partial charge is 0.397 e. The maximum atomic E-state index is 11.7. The van der Waals surface area contributed by atoms with Crippen LogP contribution >= 0.6 is 11.3 Å². The van der Waals surface area contributed by atoms with Crippen molar-refractivity contribution < 1.29 is 4.79 Å². The Morgan fingerprint density at radius 3 is 2.65 bits per heavy atom. The van der Waals surface area contributed by atoms with E-state index in [2.05, 4.69) is 16.0 Å². The molecule has 0 spiro atoms. The third-order valence-electron chi connectivity index (χ3n) is 4.25. The molecule has 1 aromatic carbocycles. The summed E-state index contributed by atoms with van der Waals surface area (Å²) < 4.78 is 1.85. The van der Waals surface area contributed by atoms with Crippen molar-refractivity contribution in [3.63, 3.8) is 0 Å². The normalized spacial score (nSPS) is 11.1. The number of rotatable bonds is 2. The summed E-state index contributed by atoms with van der Waals surface area (Å²) in [4.78, 5) is 21.2. The Bertz CT molecular complexity index is 1260. The molecule has 26 heavy (non-hydrogen) atoms. The van der Waals surface area contributed by atoms with Gasteiger partial charge in [-0.05, 0) is 12.1 Å². The lowest BCUT2D eigenvalue weighted by Crippen LogP contribution is -2.10. The number of primary amides is 1. The molecule has 4 rings (SSSR count). The first kappa shape index (κ1) is 15.9. The van der Waals surface area contributed by atoms with Crippen LogP contribution in [0.2, 0.25) is 0 Å². The number of nitrogens with two attached hydrogens (primary N) is 3. The number of benzene rings is 1. The number of fused-ring (bicyclic) bond motifs is 2. The zero-order chi connectivity index (χ0) is 18.6. The SMILES string of the molecule is Cn1c(-c2c(C#N)c(N)nc3sc(C(N)=O)c(N)c23)nc2ccccc21. The van der Waals surface area contributed by atoms with E-state index in [1.807, 2.05) is 35.9 Å². The lowest BCUT2D eigenvalue weighted by Gasteiger charge is -2.09. The lowest BCUT2D eigenvalue weighted by molar-refractivity contribution is 0.100. The molecule has 0 fully saturated rings. The monoisotopic (exact) mass is 363 g/mol. The molecule has 0 saturated carbocycles. The number of nitriles is 1. The summed E-state index contributed by atoms with van der Waals surface area (Å²) in [6.07, 6.45) is 0. The molecule has 128 valence electrons. The van der Waals surface area contributed by atoms with Gasteiger partial charge in [0.25, 0.3) is 5.91 Å². The van der Waals surface area contributed by atoms with E-state index in [-0.39, 0.29) is 21.9 Å². The topological polar surface area (TPSA) is 150 Å².